The molecule has 2 nitrogen and oxygen atoms in total. The van der Waals surface area contributed by atoms with Crippen molar-refractivity contribution in [2.45, 2.75) is 12.8 Å². The number of hydrogen-bond donors (Lipinski definition) is 2. The largest absolute Gasteiger partial charge is 0.393 e. The Bertz CT molecular complexity index is 159. The van der Waals surface area contributed by atoms with Gasteiger partial charge in [-0.2, -0.15) is 0 Å². The van der Waals surface area contributed by atoms with Gasteiger partial charge in [0.15, 0.2) is 0 Å². The van der Waals surface area contributed by atoms with Crippen LogP contribution in [0.4, 0.5) is 0 Å². The van der Waals surface area contributed by atoms with E-state index in [9.17, 15) is 0 Å². The van der Waals surface area contributed by atoms with Crippen molar-refractivity contribution >= 4 is 34.4 Å². The molecule has 0 heterocycles. The number of hydrogen-bond acceptors (Lipinski definition) is 2. The Balaban J connectivity index is 2.51. The molecule has 2 unspecified atom stereocenters. The van der Waals surface area contributed by atoms with E-state index in [0.29, 0.717) is 9.98 Å². The van der Waals surface area contributed by atoms with Crippen LogP contribution in [0.5, 0.6) is 0 Å². The summed E-state index contributed by atoms with van der Waals surface area (Å²) in [5.74, 6) is 0.569. The molecule has 0 aromatic carbocycles. The summed E-state index contributed by atoms with van der Waals surface area (Å²) in [5, 5.41) is 0. The molecule has 1 aliphatic rings. The average Bonchev–Trinajstić information content (AvgIpc) is 1.56. The minimum absolute atomic E-state index is 0.285. The highest BCUT2D eigenvalue weighted by atomic mass is 32.1. The summed E-state index contributed by atoms with van der Waals surface area (Å²) in [6.07, 6.45) is 2.11. The van der Waals surface area contributed by atoms with Crippen LogP contribution < -0.4 is 11.5 Å². The van der Waals surface area contributed by atoms with E-state index in [0.717, 1.165) is 12.8 Å². The van der Waals surface area contributed by atoms with Gasteiger partial charge in [0.2, 0.25) is 0 Å². The summed E-state index contributed by atoms with van der Waals surface area (Å²) >= 11 is 9.66. The molecule has 1 rings (SSSR count). The van der Waals surface area contributed by atoms with E-state index in [-0.39, 0.29) is 11.8 Å². The third-order valence-electron chi connectivity index (χ3n) is 2.01. The highest BCUT2D eigenvalue weighted by molar-refractivity contribution is 7.80. The molecule has 1 fully saturated rings. The first-order valence-corrected chi connectivity index (χ1v) is 4.03. The maximum atomic E-state index is 5.44. The van der Waals surface area contributed by atoms with Gasteiger partial charge in [-0.3, -0.25) is 0 Å². The van der Waals surface area contributed by atoms with Crippen molar-refractivity contribution in [3.63, 3.8) is 0 Å². The molecule has 10 heavy (non-hydrogen) atoms. The van der Waals surface area contributed by atoms with Crippen molar-refractivity contribution in [1.82, 2.24) is 0 Å². The molecule has 0 aromatic rings. The fourth-order valence-electron chi connectivity index (χ4n) is 1.18. The van der Waals surface area contributed by atoms with Crippen LogP contribution in [0.1, 0.15) is 12.8 Å². The minimum atomic E-state index is 0.285. The molecule has 0 saturated heterocycles. The fourth-order valence-corrected chi connectivity index (χ4v) is 1.75. The number of rotatable bonds is 2. The maximum Gasteiger partial charge on any atom is 0.0765 e. The average molecular weight is 174 g/mol. The second-order valence-electron chi connectivity index (χ2n) is 2.60. The van der Waals surface area contributed by atoms with E-state index >= 15 is 0 Å². The van der Waals surface area contributed by atoms with Crippen LogP contribution >= 0.6 is 24.4 Å². The molecule has 0 bridgehead atoms. The van der Waals surface area contributed by atoms with Crippen molar-refractivity contribution in [3.8, 4) is 0 Å². The SMILES string of the molecule is NC(=S)C1CCC1C(N)=S. The van der Waals surface area contributed by atoms with Crippen molar-refractivity contribution < 1.29 is 0 Å². The monoisotopic (exact) mass is 174 g/mol. The third kappa shape index (κ3) is 1.27. The third-order valence-corrected chi connectivity index (χ3v) is 2.61. The summed E-state index contributed by atoms with van der Waals surface area (Å²) in [6, 6.07) is 0. The smallest absolute Gasteiger partial charge is 0.0765 e. The van der Waals surface area contributed by atoms with Crippen LogP contribution in [0.15, 0.2) is 0 Å². The van der Waals surface area contributed by atoms with Gasteiger partial charge < -0.3 is 11.5 Å². The Labute approximate surface area is 71.0 Å². The first-order valence-electron chi connectivity index (χ1n) is 3.21. The number of thiocarbonyl (C=S) groups is 2. The molecule has 0 aromatic heterocycles. The zero-order valence-electron chi connectivity index (χ0n) is 5.54. The summed E-state index contributed by atoms with van der Waals surface area (Å²) < 4.78 is 0. The van der Waals surface area contributed by atoms with E-state index in [1.807, 2.05) is 0 Å². The normalized spacial score (nSPS) is 30.8. The lowest BCUT2D eigenvalue weighted by Crippen LogP contribution is -2.42. The summed E-state index contributed by atoms with van der Waals surface area (Å²) in [5.41, 5.74) is 10.9. The van der Waals surface area contributed by atoms with Gasteiger partial charge in [-0.25, -0.2) is 0 Å². The van der Waals surface area contributed by atoms with Gasteiger partial charge in [-0.15, -0.1) is 0 Å². The van der Waals surface area contributed by atoms with Crippen LogP contribution in [-0.2, 0) is 0 Å². The Morgan fingerprint density at radius 2 is 1.30 bits per heavy atom. The Kier molecular flexibility index (Phi) is 2.21. The Morgan fingerprint density at radius 1 is 1.00 bits per heavy atom. The van der Waals surface area contributed by atoms with Crippen molar-refractivity contribution in [2.24, 2.45) is 23.3 Å². The topological polar surface area (TPSA) is 52.0 Å². The zero-order valence-corrected chi connectivity index (χ0v) is 7.17. The van der Waals surface area contributed by atoms with E-state index in [2.05, 4.69) is 0 Å². The van der Waals surface area contributed by atoms with Gasteiger partial charge in [0.25, 0.3) is 0 Å². The highest BCUT2D eigenvalue weighted by Crippen LogP contribution is 2.34. The standard InChI is InChI=1S/C6H10N2S2/c7-5(9)3-1-2-4(3)6(8)10/h3-4H,1-2H2,(H2,7,9)(H2,8,10). The Morgan fingerprint density at radius 3 is 1.40 bits per heavy atom. The molecule has 4 N–H and O–H groups in total. The van der Waals surface area contributed by atoms with Crippen LogP contribution in [0.25, 0.3) is 0 Å². The summed E-state index contributed by atoms with van der Waals surface area (Å²) in [6.45, 7) is 0. The molecular formula is C6H10N2S2. The molecule has 2 atom stereocenters. The number of nitrogens with two attached hydrogens (primary N) is 2. The van der Waals surface area contributed by atoms with Gasteiger partial charge in [0.05, 0.1) is 9.98 Å². The second-order valence-corrected chi connectivity index (χ2v) is 3.54. The van der Waals surface area contributed by atoms with Crippen molar-refractivity contribution in [3.05, 3.63) is 0 Å². The van der Waals surface area contributed by atoms with E-state index < -0.39 is 0 Å². The molecule has 4 heteroatoms. The fraction of sp³-hybridized carbons (Fsp3) is 0.667. The van der Waals surface area contributed by atoms with E-state index in [4.69, 9.17) is 35.9 Å². The molecule has 56 valence electrons. The van der Waals surface area contributed by atoms with Gasteiger partial charge in [-0.05, 0) is 12.8 Å². The van der Waals surface area contributed by atoms with Crippen molar-refractivity contribution in [1.29, 1.82) is 0 Å². The lowest BCUT2D eigenvalue weighted by atomic mass is 9.73. The quantitative estimate of drug-likeness (QED) is 0.601. The lowest BCUT2D eigenvalue weighted by Gasteiger charge is -2.34. The summed E-state index contributed by atoms with van der Waals surface area (Å²) in [4.78, 5) is 1.12. The van der Waals surface area contributed by atoms with E-state index in [1.165, 1.54) is 0 Å². The molecule has 1 saturated carbocycles. The van der Waals surface area contributed by atoms with Crippen LogP contribution in [0.2, 0.25) is 0 Å². The molecule has 0 spiro atoms. The van der Waals surface area contributed by atoms with Crippen LogP contribution in [0, 0.1) is 11.8 Å². The second kappa shape index (κ2) is 2.80. The van der Waals surface area contributed by atoms with Crippen molar-refractivity contribution in [2.75, 3.05) is 0 Å². The molecule has 1 aliphatic carbocycles. The van der Waals surface area contributed by atoms with Gasteiger partial charge in [-0.1, -0.05) is 24.4 Å². The van der Waals surface area contributed by atoms with Crippen LogP contribution in [-0.4, -0.2) is 9.98 Å². The minimum Gasteiger partial charge on any atom is -0.393 e. The lowest BCUT2D eigenvalue weighted by molar-refractivity contribution is 0.335. The predicted molar refractivity (Wildman–Crippen MR) is 49.8 cm³/mol. The zero-order chi connectivity index (χ0) is 7.72. The molecule has 0 aliphatic heterocycles. The molecule has 0 radical (unpaired) electrons. The molecular weight excluding hydrogens is 164 g/mol. The van der Waals surface area contributed by atoms with Gasteiger partial charge >= 0.3 is 0 Å². The highest BCUT2D eigenvalue weighted by Gasteiger charge is 2.34. The van der Waals surface area contributed by atoms with Gasteiger partial charge in [0.1, 0.15) is 0 Å². The van der Waals surface area contributed by atoms with E-state index in [1.54, 1.807) is 0 Å². The first-order chi connectivity index (χ1) is 4.63. The van der Waals surface area contributed by atoms with Crippen LogP contribution in [0.3, 0.4) is 0 Å². The first kappa shape index (κ1) is 7.88. The molecule has 0 amide bonds. The van der Waals surface area contributed by atoms with Gasteiger partial charge in [0, 0.05) is 11.8 Å². The summed E-state index contributed by atoms with van der Waals surface area (Å²) in [7, 11) is 0. The Hall–Kier alpha value is -0.220. The maximum absolute atomic E-state index is 5.44. The predicted octanol–water partition coefficient (Wildman–Crippen LogP) is 0.585.